The highest BCUT2D eigenvalue weighted by Crippen LogP contribution is 2.27. The van der Waals surface area contributed by atoms with Crippen molar-refractivity contribution in [2.45, 2.75) is 18.2 Å². The van der Waals surface area contributed by atoms with Gasteiger partial charge in [0.25, 0.3) is 0 Å². The number of thioether (sulfide) groups is 1. The predicted octanol–water partition coefficient (Wildman–Crippen LogP) is 4.00. The molecule has 0 radical (unpaired) electrons. The van der Waals surface area contributed by atoms with E-state index in [0.717, 1.165) is 28.0 Å². The molecule has 0 spiro atoms. The van der Waals surface area contributed by atoms with E-state index in [-0.39, 0.29) is 5.43 Å². The van der Waals surface area contributed by atoms with Crippen LogP contribution in [0.3, 0.4) is 0 Å². The Morgan fingerprint density at radius 2 is 1.56 bits per heavy atom. The Labute approximate surface area is 112 Å². The number of hydrogen-bond donors (Lipinski definition) is 0. The zero-order valence-corrected chi connectivity index (χ0v) is 11.5. The first-order valence-corrected chi connectivity index (χ1v) is 7.26. The van der Waals surface area contributed by atoms with Crippen LogP contribution in [-0.2, 0) is 6.42 Å². The van der Waals surface area contributed by atoms with Crippen LogP contribution >= 0.6 is 11.8 Å². The van der Waals surface area contributed by atoms with Gasteiger partial charge in [0.15, 0.2) is 5.43 Å². The molecule has 0 aliphatic carbocycles. The minimum Gasteiger partial charge on any atom is -0.289 e. The van der Waals surface area contributed by atoms with Crippen molar-refractivity contribution in [2.75, 3.05) is 6.26 Å². The molecule has 0 N–H and O–H groups in total. The van der Waals surface area contributed by atoms with Gasteiger partial charge >= 0.3 is 0 Å². The highest BCUT2D eigenvalue weighted by Gasteiger charge is 2.08. The fourth-order valence-electron chi connectivity index (χ4n) is 2.01. The molecule has 0 aliphatic rings. The lowest BCUT2D eigenvalue weighted by Gasteiger charge is -2.05. The van der Waals surface area contributed by atoms with Crippen LogP contribution in [0.4, 0.5) is 0 Å². The van der Waals surface area contributed by atoms with Crippen molar-refractivity contribution in [2.24, 2.45) is 0 Å². The fraction of sp³-hybridized carbons (Fsp3) is 0.188. The van der Waals surface area contributed by atoms with Crippen molar-refractivity contribution in [3.63, 3.8) is 0 Å². The van der Waals surface area contributed by atoms with Crippen molar-refractivity contribution < 1.29 is 0 Å². The summed E-state index contributed by atoms with van der Waals surface area (Å²) in [4.78, 5) is 13.6. The first-order valence-electron chi connectivity index (χ1n) is 6.03. The third-order valence-corrected chi connectivity index (χ3v) is 3.78. The average Bonchev–Trinajstić information content (AvgIpc) is 2.60. The van der Waals surface area contributed by atoms with Gasteiger partial charge in [-0.15, -0.1) is 11.8 Å². The molecule has 2 aromatic rings. The average molecular weight is 256 g/mol. The third kappa shape index (κ3) is 2.49. The van der Waals surface area contributed by atoms with E-state index >= 15 is 0 Å². The van der Waals surface area contributed by atoms with Crippen molar-refractivity contribution >= 4 is 11.8 Å². The largest absolute Gasteiger partial charge is 0.289 e. The van der Waals surface area contributed by atoms with Gasteiger partial charge in [-0.2, -0.15) is 0 Å². The van der Waals surface area contributed by atoms with E-state index in [1.807, 2.05) is 55.6 Å². The number of rotatable bonds is 3. The van der Waals surface area contributed by atoms with Crippen LogP contribution in [-0.4, -0.2) is 6.26 Å². The van der Waals surface area contributed by atoms with E-state index in [1.165, 1.54) is 0 Å². The molecule has 0 atom stereocenters. The second-order valence-electron chi connectivity index (χ2n) is 4.04. The molecule has 18 heavy (non-hydrogen) atoms. The Kier molecular flexibility index (Phi) is 4.21. The zero-order valence-electron chi connectivity index (χ0n) is 10.6. The predicted molar refractivity (Wildman–Crippen MR) is 79.3 cm³/mol. The van der Waals surface area contributed by atoms with Crippen LogP contribution in [0.1, 0.15) is 12.5 Å². The van der Waals surface area contributed by atoms with Gasteiger partial charge in [-0.05, 0) is 29.9 Å². The van der Waals surface area contributed by atoms with Crippen LogP contribution in [0.25, 0.3) is 11.1 Å². The normalized spacial score (nSPS) is 10.3. The molecule has 0 fully saturated rings. The molecule has 2 heteroatoms. The van der Waals surface area contributed by atoms with Gasteiger partial charge in [0.2, 0.25) is 0 Å². The van der Waals surface area contributed by atoms with Crippen LogP contribution in [0.15, 0.2) is 58.2 Å². The second kappa shape index (κ2) is 5.87. The first kappa shape index (κ1) is 12.9. The number of aryl methyl sites for hydroxylation is 1. The van der Waals surface area contributed by atoms with E-state index in [0.29, 0.717) is 0 Å². The summed E-state index contributed by atoms with van der Waals surface area (Å²) < 4.78 is 0. The molecule has 0 unspecified atom stereocenters. The zero-order chi connectivity index (χ0) is 13.0. The summed E-state index contributed by atoms with van der Waals surface area (Å²) in [6.45, 7) is 2.01. The molecule has 0 heterocycles. The molecule has 0 saturated carbocycles. The quantitative estimate of drug-likeness (QED) is 0.772. The summed E-state index contributed by atoms with van der Waals surface area (Å²) in [5, 5.41) is 0. The van der Waals surface area contributed by atoms with Crippen molar-refractivity contribution in [1.82, 2.24) is 0 Å². The Bertz CT molecular complexity index is 605. The molecule has 2 aromatic carbocycles. The molecule has 92 valence electrons. The molecular weight excluding hydrogens is 240 g/mol. The Balaban J connectivity index is 2.72. The molecular formula is C16H16OS. The van der Waals surface area contributed by atoms with Crippen LogP contribution in [0, 0.1) is 0 Å². The Morgan fingerprint density at radius 1 is 0.944 bits per heavy atom. The summed E-state index contributed by atoms with van der Waals surface area (Å²) in [6.07, 6.45) is 2.80. The van der Waals surface area contributed by atoms with Crippen molar-refractivity contribution in [3.05, 3.63) is 64.3 Å². The number of hydrogen-bond acceptors (Lipinski definition) is 2. The highest BCUT2D eigenvalue weighted by atomic mass is 32.2. The SMILES string of the molecule is CCc1ccccc(-c2ccccc2SC)c1=O. The van der Waals surface area contributed by atoms with E-state index in [9.17, 15) is 4.79 Å². The summed E-state index contributed by atoms with van der Waals surface area (Å²) in [6, 6.07) is 15.7. The minimum absolute atomic E-state index is 0.143. The lowest BCUT2D eigenvalue weighted by atomic mass is 10.0. The van der Waals surface area contributed by atoms with Gasteiger partial charge in [0.05, 0.1) is 0 Å². The van der Waals surface area contributed by atoms with Crippen LogP contribution in [0.5, 0.6) is 0 Å². The standard InChI is InChI=1S/C16H16OS/c1-3-12-8-4-5-10-14(16(12)17)13-9-6-7-11-15(13)18-2/h4-11H,3H2,1-2H3. The summed E-state index contributed by atoms with van der Waals surface area (Å²) >= 11 is 1.67. The fourth-order valence-corrected chi connectivity index (χ4v) is 2.62. The molecule has 2 rings (SSSR count). The molecule has 0 aliphatic heterocycles. The smallest absolute Gasteiger partial charge is 0.189 e. The summed E-state index contributed by atoms with van der Waals surface area (Å²) in [5.41, 5.74) is 2.83. The van der Waals surface area contributed by atoms with Gasteiger partial charge in [-0.25, -0.2) is 0 Å². The van der Waals surface area contributed by atoms with Gasteiger partial charge in [0, 0.05) is 10.5 Å². The maximum Gasteiger partial charge on any atom is 0.189 e. The summed E-state index contributed by atoms with van der Waals surface area (Å²) in [7, 11) is 0. The highest BCUT2D eigenvalue weighted by molar-refractivity contribution is 7.98. The minimum atomic E-state index is 0.143. The third-order valence-electron chi connectivity index (χ3n) is 2.99. The Morgan fingerprint density at radius 3 is 2.22 bits per heavy atom. The lowest BCUT2D eigenvalue weighted by molar-refractivity contribution is 1.12. The van der Waals surface area contributed by atoms with Gasteiger partial charge in [-0.3, -0.25) is 4.79 Å². The van der Waals surface area contributed by atoms with E-state index < -0.39 is 0 Å². The first-order chi connectivity index (χ1) is 8.77. The van der Waals surface area contributed by atoms with Crippen molar-refractivity contribution in [1.29, 1.82) is 0 Å². The molecule has 0 amide bonds. The monoisotopic (exact) mass is 256 g/mol. The van der Waals surface area contributed by atoms with E-state index in [2.05, 4.69) is 6.07 Å². The lowest BCUT2D eigenvalue weighted by Crippen LogP contribution is -2.07. The van der Waals surface area contributed by atoms with Gasteiger partial charge in [0.1, 0.15) is 0 Å². The maximum absolute atomic E-state index is 12.5. The molecule has 0 aromatic heterocycles. The number of benzene rings is 1. The van der Waals surface area contributed by atoms with Gasteiger partial charge in [-0.1, -0.05) is 49.4 Å². The molecule has 1 nitrogen and oxygen atoms in total. The topological polar surface area (TPSA) is 17.1 Å². The van der Waals surface area contributed by atoms with Crippen molar-refractivity contribution in [3.8, 4) is 11.1 Å². The van der Waals surface area contributed by atoms with E-state index in [1.54, 1.807) is 11.8 Å². The molecule has 0 saturated heterocycles. The van der Waals surface area contributed by atoms with Crippen LogP contribution in [0.2, 0.25) is 0 Å². The van der Waals surface area contributed by atoms with E-state index in [4.69, 9.17) is 0 Å². The second-order valence-corrected chi connectivity index (χ2v) is 4.89. The summed E-state index contributed by atoms with van der Waals surface area (Å²) in [5.74, 6) is 0. The van der Waals surface area contributed by atoms with Gasteiger partial charge < -0.3 is 0 Å². The Hall–Kier alpha value is -1.54. The molecule has 0 bridgehead atoms. The van der Waals surface area contributed by atoms with Crippen LogP contribution < -0.4 is 5.43 Å². The maximum atomic E-state index is 12.5.